The number of hydrogen-bond donors (Lipinski definition) is 9. The lowest BCUT2D eigenvalue weighted by Crippen LogP contribution is -2.67. The monoisotopic (exact) mass is 913 g/mol. The van der Waals surface area contributed by atoms with Crippen LogP contribution in [-0.2, 0) is 38.0 Å². The Morgan fingerprint density at radius 1 is 0.734 bits per heavy atom. The van der Waals surface area contributed by atoms with Crippen molar-refractivity contribution in [3.63, 3.8) is 0 Å². The van der Waals surface area contributed by atoms with Crippen LogP contribution in [0, 0.1) is 45.3 Å². The lowest BCUT2D eigenvalue weighted by Gasteiger charge is -2.69. The van der Waals surface area contributed by atoms with Crippen molar-refractivity contribution in [2.45, 2.75) is 211 Å². The molecule has 0 aromatic rings. The highest BCUT2D eigenvalue weighted by atomic mass is 16.8. The summed E-state index contributed by atoms with van der Waals surface area (Å²) in [5, 5.41) is 97.5. The number of rotatable bonds is 9. The SMILES string of the molecule is CC(C)=C[C@H]1C[C@@](O)(C2CC[C@]3(C)C2C(=O)CC2[C@@]4(C)CC[C@H](O[C@@H]5OC[C@@H](O)[C@H](O[C@@H]6O[C@H](CO)[C@@H](O)[C@H](O)[C@H]6O)[C@@H]5O[C@@H]5O[C@H](C)[C@@H](O)[C@H](O)[C@@H]5O)C(C)(C)C4CC[C@]23C)CO1. The minimum atomic E-state index is -1.81. The van der Waals surface area contributed by atoms with Crippen molar-refractivity contribution in [3.05, 3.63) is 11.6 Å². The Bertz CT molecular complexity index is 1720. The fraction of sp³-hybridized carbons (Fsp3) is 0.936. The molecular formula is C47H76O17. The standard InChI is InChI=1S/C47H76O17/c1-21(2)15-23-17-47(57,20-59-23)24-9-13-46(8)31(24)25(49)16-29-44(6)12-11-30(43(4,5)28(44)10-14-45(29,46)7)62-42-39(64-40-36(55)34(53)32(51)22(3)60-40)38(26(50)19-58-42)63-41-37(56)35(54)33(52)27(18-48)61-41/h15,22-24,26-42,48,50-57H,9-14,16-20H2,1-8H3/t22-,23+,24?,26-,27-,28?,29?,30+,31?,32-,33-,34+,35+,36+,37-,38+,39+,40+,41+,42+,44+,45-,46-,47+/m1/s1. The molecule has 4 saturated carbocycles. The summed E-state index contributed by atoms with van der Waals surface area (Å²) in [6.07, 6.45) is -14.1. The number of allylic oxidation sites excluding steroid dienone is 1. The van der Waals surface area contributed by atoms with Crippen LogP contribution in [0.25, 0.3) is 0 Å². The number of ether oxygens (including phenoxy) is 7. The van der Waals surface area contributed by atoms with E-state index < -0.39 is 110 Å². The van der Waals surface area contributed by atoms with E-state index in [0.717, 1.165) is 37.7 Å². The average molecular weight is 913 g/mol. The van der Waals surface area contributed by atoms with Gasteiger partial charge in [0.25, 0.3) is 0 Å². The molecule has 9 N–H and O–H groups in total. The maximum atomic E-state index is 14.8. The van der Waals surface area contributed by atoms with Gasteiger partial charge in [0.05, 0.1) is 43.7 Å². The smallest absolute Gasteiger partial charge is 0.187 e. The van der Waals surface area contributed by atoms with Gasteiger partial charge in [-0.1, -0.05) is 46.3 Å². The average Bonchev–Trinajstić information content (AvgIpc) is 3.81. The van der Waals surface area contributed by atoms with E-state index in [0.29, 0.717) is 19.3 Å². The van der Waals surface area contributed by atoms with E-state index in [9.17, 15) is 50.8 Å². The molecule has 0 spiro atoms. The Morgan fingerprint density at radius 3 is 2.05 bits per heavy atom. The molecule has 0 aromatic carbocycles. The summed E-state index contributed by atoms with van der Waals surface area (Å²) in [4.78, 5) is 14.8. The molecule has 64 heavy (non-hydrogen) atoms. The normalized spacial score (nSPS) is 55.0. The van der Waals surface area contributed by atoms with Crippen molar-refractivity contribution < 1.29 is 83.9 Å². The Kier molecular flexibility index (Phi) is 13.5. The van der Waals surface area contributed by atoms with Gasteiger partial charge in [0.1, 0.15) is 66.8 Å². The Hall–Kier alpha value is -1.23. The van der Waals surface area contributed by atoms with Gasteiger partial charge < -0.3 is 79.1 Å². The van der Waals surface area contributed by atoms with Crippen LogP contribution in [0.3, 0.4) is 0 Å². The lowest BCUT2D eigenvalue weighted by molar-refractivity contribution is -0.388. The number of carbonyl (C=O) groups is 1. The first kappa shape index (κ1) is 49.2. The first-order chi connectivity index (χ1) is 29.9. The second-order valence-corrected chi connectivity index (χ2v) is 22.5. The molecule has 4 heterocycles. The number of hydrogen-bond acceptors (Lipinski definition) is 17. The number of fused-ring (bicyclic) bond motifs is 5. The van der Waals surface area contributed by atoms with E-state index >= 15 is 0 Å². The number of aliphatic hydroxyl groups excluding tert-OH is 8. The van der Waals surface area contributed by atoms with Crippen LogP contribution in [0.2, 0.25) is 0 Å². The number of ketones is 1. The van der Waals surface area contributed by atoms with Crippen LogP contribution in [0.15, 0.2) is 11.6 Å². The predicted octanol–water partition coefficient (Wildman–Crippen LogP) is 0.837. The molecule has 8 aliphatic rings. The molecule has 0 aromatic heterocycles. The first-order valence-corrected chi connectivity index (χ1v) is 23.7. The van der Waals surface area contributed by atoms with Gasteiger partial charge in [-0.15, -0.1) is 0 Å². The first-order valence-electron chi connectivity index (χ1n) is 23.7. The Morgan fingerprint density at radius 2 is 1.38 bits per heavy atom. The van der Waals surface area contributed by atoms with E-state index in [1.165, 1.54) is 6.92 Å². The molecule has 4 unspecified atom stereocenters. The fourth-order valence-electron chi connectivity index (χ4n) is 14.7. The summed E-state index contributed by atoms with van der Waals surface area (Å²) in [5.41, 5.74) is -1.15. The minimum absolute atomic E-state index is 0.0848. The molecule has 0 bridgehead atoms. The van der Waals surface area contributed by atoms with Crippen molar-refractivity contribution in [1.82, 2.24) is 0 Å². The molecule has 8 rings (SSSR count). The molecule has 4 saturated heterocycles. The van der Waals surface area contributed by atoms with E-state index in [2.05, 4.69) is 40.7 Å². The maximum absolute atomic E-state index is 14.8. The summed E-state index contributed by atoms with van der Waals surface area (Å²) in [7, 11) is 0. The van der Waals surface area contributed by atoms with Crippen molar-refractivity contribution in [2.75, 3.05) is 19.8 Å². The van der Waals surface area contributed by atoms with Crippen LogP contribution in [0.1, 0.15) is 107 Å². The van der Waals surface area contributed by atoms with Crippen molar-refractivity contribution in [2.24, 2.45) is 45.3 Å². The van der Waals surface area contributed by atoms with Crippen LogP contribution in [-0.4, -0.2) is 175 Å². The van der Waals surface area contributed by atoms with Crippen LogP contribution >= 0.6 is 0 Å². The molecule has 8 fully saturated rings. The summed E-state index contributed by atoms with van der Waals surface area (Å²) in [6.45, 7) is 16.1. The lowest BCUT2D eigenvalue weighted by atomic mass is 9.35. The fourth-order valence-corrected chi connectivity index (χ4v) is 14.7. The summed E-state index contributed by atoms with van der Waals surface area (Å²) in [5.74, 6) is 0.00657. The van der Waals surface area contributed by atoms with Crippen LogP contribution in [0.5, 0.6) is 0 Å². The topological polar surface area (TPSA) is 264 Å². The van der Waals surface area contributed by atoms with Gasteiger partial charge in [-0.25, -0.2) is 0 Å². The largest absolute Gasteiger partial charge is 0.394 e. The van der Waals surface area contributed by atoms with Gasteiger partial charge in [0.15, 0.2) is 18.9 Å². The molecule has 4 aliphatic carbocycles. The highest BCUT2D eigenvalue weighted by Crippen LogP contribution is 2.75. The number of carbonyl (C=O) groups excluding carboxylic acids is 1. The third-order valence-electron chi connectivity index (χ3n) is 18.4. The second kappa shape index (κ2) is 17.6. The summed E-state index contributed by atoms with van der Waals surface area (Å²) < 4.78 is 43.1. The van der Waals surface area contributed by atoms with Gasteiger partial charge in [-0.2, -0.15) is 0 Å². The van der Waals surface area contributed by atoms with Crippen molar-refractivity contribution in [1.29, 1.82) is 0 Å². The molecule has 0 amide bonds. The molecular weight excluding hydrogens is 836 g/mol. The molecule has 17 heteroatoms. The third kappa shape index (κ3) is 7.90. The Balaban J connectivity index is 1.04. The maximum Gasteiger partial charge on any atom is 0.187 e. The van der Waals surface area contributed by atoms with Crippen LogP contribution < -0.4 is 0 Å². The van der Waals surface area contributed by atoms with Gasteiger partial charge in [-0.3, -0.25) is 4.79 Å². The van der Waals surface area contributed by atoms with E-state index in [4.69, 9.17) is 33.2 Å². The zero-order chi connectivity index (χ0) is 46.6. The van der Waals surface area contributed by atoms with Crippen LogP contribution in [0.4, 0.5) is 0 Å². The highest BCUT2D eigenvalue weighted by Gasteiger charge is 2.72. The minimum Gasteiger partial charge on any atom is -0.394 e. The summed E-state index contributed by atoms with van der Waals surface area (Å²) >= 11 is 0. The van der Waals surface area contributed by atoms with E-state index in [1.54, 1.807) is 0 Å². The summed E-state index contributed by atoms with van der Waals surface area (Å²) in [6, 6.07) is 0. The predicted molar refractivity (Wildman–Crippen MR) is 225 cm³/mol. The third-order valence-corrected chi connectivity index (χ3v) is 18.4. The number of aliphatic hydroxyl groups is 9. The zero-order valence-corrected chi connectivity index (χ0v) is 38.7. The molecule has 17 nitrogen and oxygen atoms in total. The molecule has 0 radical (unpaired) electrons. The highest BCUT2D eigenvalue weighted by molar-refractivity contribution is 5.84. The second-order valence-electron chi connectivity index (χ2n) is 22.5. The van der Waals surface area contributed by atoms with Gasteiger partial charge >= 0.3 is 0 Å². The molecule has 4 aliphatic heterocycles. The van der Waals surface area contributed by atoms with Gasteiger partial charge in [-0.05, 0) is 92.8 Å². The van der Waals surface area contributed by atoms with E-state index in [-0.39, 0.29) is 65.0 Å². The quantitative estimate of drug-likeness (QED) is 0.115. The van der Waals surface area contributed by atoms with Crippen molar-refractivity contribution >= 4 is 5.78 Å². The van der Waals surface area contributed by atoms with Crippen molar-refractivity contribution in [3.8, 4) is 0 Å². The van der Waals surface area contributed by atoms with Gasteiger partial charge in [0.2, 0.25) is 0 Å². The number of Topliss-reactive ketones (excluding diaryl/α,β-unsaturated/α-hetero) is 1. The van der Waals surface area contributed by atoms with Gasteiger partial charge in [0, 0.05) is 24.7 Å². The molecule has 24 atom stereocenters. The zero-order valence-electron chi connectivity index (χ0n) is 38.7. The van der Waals surface area contributed by atoms with E-state index in [1.807, 2.05) is 13.8 Å². The molecule has 366 valence electrons. The Labute approximate surface area is 376 Å².